The summed E-state index contributed by atoms with van der Waals surface area (Å²) in [4.78, 5) is 68.2. The van der Waals surface area contributed by atoms with Gasteiger partial charge in [0, 0.05) is 19.6 Å². The first-order valence-electron chi connectivity index (χ1n) is 13.2. The van der Waals surface area contributed by atoms with Crippen LogP contribution >= 0.6 is 0 Å². The number of esters is 1. The van der Waals surface area contributed by atoms with Crippen LogP contribution in [0.2, 0.25) is 0 Å². The van der Waals surface area contributed by atoms with Gasteiger partial charge in [-0.3, -0.25) is 14.4 Å². The van der Waals surface area contributed by atoms with E-state index in [1.54, 1.807) is 5.43 Å². The molecule has 0 spiro atoms. The minimum absolute atomic E-state index is 0.114. The summed E-state index contributed by atoms with van der Waals surface area (Å²) in [5.41, 5.74) is 14.0. The van der Waals surface area contributed by atoms with E-state index in [2.05, 4.69) is 10.3 Å². The third kappa shape index (κ3) is 8.62. The van der Waals surface area contributed by atoms with Crippen molar-refractivity contribution in [2.24, 2.45) is 16.5 Å². The van der Waals surface area contributed by atoms with Gasteiger partial charge in [-0.1, -0.05) is 35.8 Å². The minimum Gasteiger partial charge on any atom is -0.459 e. The number of rotatable bonds is 12. The minimum atomic E-state index is -0.887. The van der Waals surface area contributed by atoms with Crippen molar-refractivity contribution in [1.82, 2.24) is 20.5 Å². The lowest BCUT2D eigenvalue weighted by Crippen LogP contribution is -2.53. The highest BCUT2D eigenvalue weighted by atomic mass is 16.7. The van der Waals surface area contributed by atoms with E-state index in [0.717, 1.165) is 5.56 Å². The number of nitro groups is 1. The van der Waals surface area contributed by atoms with Crippen LogP contribution in [0, 0.1) is 10.1 Å². The first-order chi connectivity index (χ1) is 19.2. The fourth-order valence-corrected chi connectivity index (χ4v) is 4.80. The molecule has 1 aromatic rings. The number of carbonyl (C=O) groups excluding carboxylic acids is 4. The van der Waals surface area contributed by atoms with Crippen molar-refractivity contribution in [3.63, 3.8) is 0 Å². The number of guanidine groups is 1. The highest BCUT2D eigenvalue weighted by Gasteiger charge is 2.38. The van der Waals surface area contributed by atoms with Crippen LogP contribution in [0.4, 0.5) is 0 Å². The Morgan fingerprint density at radius 2 is 1.77 bits per heavy atom. The van der Waals surface area contributed by atoms with E-state index < -0.39 is 46.8 Å². The Morgan fingerprint density at radius 1 is 1.10 bits per heavy atom. The second-order valence-electron chi connectivity index (χ2n) is 9.63. The summed E-state index contributed by atoms with van der Waals surface area (Å²) in [6, 6.07) is 6.90. The normalized spacial score (nSPS) is 19.7. The SMILES string of the molecule is NC(=NCCC[C@H](N)C(=O)N1CCC[C@H]1C(=O)NCC(=O)N1CCC[C@H]1C(=O)OCc1ccccc1)N[N+](=O)[O-]. The highest BCUT2D eigenvalue weighted by molar-refractivity contribution is 5.93. The number of nitrogens with zero attached hydrogens (tertiary/aromatic N) is 4. The fraction of sp³-hybridized carbons (Fsp3) is 0.560. The molecule has 0 radical (unpaired) electrons. The zero-order chi connectivity index (χ0) is 29.1. The molecule has 3 atom stereocenters. The number of hydrogen-bond acceptors (Lipinski definition) is 9. The second kappa shape index (κ2) is 14.8. The summed E-state index contributed by atoms with van der Waals surface area (Å²) in [5, 5.41) is 12.1. The number of hydrogen-bond donors (Lipinski definition) is 4. The summed E-state index contributed by atoms with van der Waals surface area (Å²) in [6.45, 7) is 0.696. The Kier molecular flexibility index (Phi) is 11.2. The number of benzene rings is 1. The fourth-order valence-electron chi connectivity index (χ4n) is 4.80. The summed E-state index contributed by atoms with van der Waals surface area (Å²) < 4.78 is 5.40. The molecule has 2 fully saturated rings. The van der Waals surface area contributed by atoms with Crippen LogP contribution in [0.15, 0.2) is 35.3 Å². The molecule has 0 aliphatic carbocycles. The van der Waals surface area contributed by atoms with Gasteiger partial charge < -0.3 is 31.3 Å². The van der Waals surface area contributed by atoms with Crippen LogP contribution < -0.4 is 22.2 Å². The molecule has 3 rings (SSSR count). The van der Waals surface area contributed by atoms with Gasteiger partial charge in [-0.25, -0.2) is 19.9 Å². The molecule has 2 aliphatic rings. The number of aliphatic imine (C=N–C) groups is 1. The zero-order valence-corrected chi connectivity index (χ0v) is 22.2. The maximum absolute atomic E-state index is 12.9. The van der Waals surface area contributed by atoms with Crippen molar-refractivity contribution in [1.29, 1.82) is 0 Å². The largest absolute Gasteiger partial charge is 0.459 e. The molecular formula is C25H36N8O7. The van der Waals surface area contributed by atoms with Gasteiger partial charge in [0.25, 0.3) is 5.96 Å². The van der Waals surface area contributed by atoms with Crippen molar-refractivity contribution >= 4 is 29.7 Å². The molecule has 3 amide bonds. The molecule has 0 saturated carbocycles. The number of nitrogens with two attached hydrogens (primary N) is 2. The van der Waals surface area contributed by atoms with E-state index in [-0.39, 0.29) is 32.1 Å². The predicted octanol–water partition coefficient (Wildman–Crippen LogP) is -0.968. The van der Waals surface area contributed by atoms with E-state index in [1.807, 2.05) is 30.3 Å². The molecular weight excluding hydrogens is 524 g/mol. The van der Waals surface area contributed by atoms with Crippen molar-refractivity contribution < 1.29 is 28.9 Å². The molecule has 2 heterocycles. The molecule has 0 bridgehead atoms. The summed E-state index contributed by atoms with van der Waals surface area (Å²) in [6.07, 6.45) is 2.78. The van der Waals surface area contributed by atoms with E-state index in [9.17, 15) is 29.3 Å². The lowest BCUT2D eigenvalue weighted by molar-refractivity contribution is -0.525. The van der Waals surface area contributed by atoms with Gasteiger partial charge in [0.15, 0.2) is 5.03 Å². The molecule has 1 aromatic carbocycles. The first-order valence-corrected chi connectivity index (χ1v) is 13.2. The maximum Gasteiger partial charge on any atom is 0.329 e. The average molecular weight is 561 g/mol. The Balaban J connectivity index is 1.44. The van der Waals surface area contributed by atoms with Gasteiger partial charge in [0.1, 0.15) is 18.7 Å². The molecule has 15 nitrogen and oxygen atoms in total. The number of amides is 3. The summed E-state index contributed by atoms with van der Waals surface area (Å²) >= 11 is 0. The van der Waals surface area contributed by atoms with Crippen molar-refractivity contribution in [3.8, 4) is 0 Å². The number of likely N-dealkylation sites (tertiary alicyclic amines) is 2. The molecule has 218 valence electrons. The third-order valence-corrected chi connectivity index (χ3v) is 6.80. The molecule has 6 N–H and O–H groups in total. The van der Waals surface area contributed by atoms with Crippen LogP contribution in [0.25, 0.3) is 0 Å². The van der Waals surface area contributed by atoms with Crippen molar-refractivity contribution in [2.45, 2.75) is 63.3 Å². The molecule has 0 unspecified atom stereocenters. The quantitative estimate of drug-likeness (QED) is 0.0612. The maximum atomic E-state index is 12.9. The van der Waals surface area contributed by atoms with E-state index >= 15 is 0 Å². The summed E-state index contributed by atoms with van der Waals surface area (Å²) in [7, 11) is 0. The number of nitrogens with one attached hydrogen (secondary N) is 2. The average Bonchev–Trinajstić information content (AvgIpc) is 3.63. The molecule has 15 heteroatoms. The van der Waals surface area contributed by atoms with Gasteiger partial charge >= 0.3 is 5.97 Å². The van der Waals surface area contributed by atoms with Gasteiger partial charge in [-0.05, 0) is 44.1 Å². The Bertz CT molecular complexity index is 1100. The smallest absolute Gasteiger partial charge is 0.329 e. The topological polar surface area (TPSA) is 216 Å². The third-order valence-electron chi connectivity index (χ3n) is 6.80. The van der Waals surface area contributed by atoms with Crippen LogP contribution in [0.3, 0.4) is 0 Å². The number of ether oxygens (including phenoxy) is 1. The standard InChI is InChI=1S/C25H36N8O7/c26-18(9-4-12-28-25(27)30-33(38)39)23(36)32-14-5-10-19(32)22(35)29-15-21(34)31-13-6-11-20(31)24(37)40-16-17-7-2-1-3-8-17/h1-3,7-8,18-20H,4-6,9-16,26H2,(H,29,35)(H3,27,28,30)/t18-,19-,20-/m0/s1. The van der Waals surface area contributed by atoms with E-state index in [4.69, 9.17) is 16.2 Å². The van der Waals surface area contributed by atoms with Gasteiger partial charge in [-0.15, -0.1) is 0 Å². The van der Waals surface area contributed by atoms with E-state index in [1.165, 1.54) is 9.80 Å². The van der Waals surface area contributed by atoms with Crippen LogP contribution in [0.1, 0.15) is 44.1 Å². The molecule has 2 aliphatic heterocycles. The van der Waals surface area contributed by atoms with E-state index in [0.29, 0.717) is 45.2 Å². The molecule has 2 saturated heterocycles. The molecule has 0 aromatic heterocycles. The Morgan fingerprint density at radius 3 is 2.48 bits per heavy atom. The lowest BCUT2D eigenvalue weighted by atomic mass is 10.1. The lowest BCUT2D eigenvalue weighted by Gasteiger charge is -2.27. The van der Waals surface area contributed by atoms with Gasteiger partial charge in [0.05, 0.1) is 12.6 Å². The second-order valence-corrected chi connectivity index (χ2v) is 9.63. The first kappa shape index (κ1) is 30.3. The Labute approximate surface area is 231 Å². The predicted molar refractivity (Wildman–Crippen MR) is 143 cm³/mol. The zero-order valence-electron chi connectivity index (χ0n) is 22.2. The molecule has 40 heavy (non-hydrogen) atoms. The summed E-state index contributed by atoms with van der Waals surface area (Å²) in [5.74, 6) is -2.08. The van der Waals surface area contributed by atoms with Crippen LogP contribution in [-0.2, 0) is 30.5 Å². The van der Waals surface area contributed by atoms with Crippen molar-refractivity contribution in [3.05, 3.63) is 46.0 Å². The van der Waals surface area contributed by atoms with Gasteiger partial charge in [0.2, 0.25) is 17.7 Å². The van der Waals surface area contributed by atoms with Gasteiger partial charge in [-0.2, -0.15) is 0 Å². The van der Waals surface area contributed by atoms with Crippen LogP contribution in [0.5, 0.6) is 0 Å². The highest BCUT2D eigenvalue weighted by Crippen LogP contribution is 2.21. The monoisotopic (exact) mass is 560 g/mol. The number of carbonyl (C=O) groups is 4. The number of hydrazine groups is 1. The Hall–Kier alpha value is -4.27. The van der Waals surface area contributed by atoms with Crippen LogP contribution in [-0.4, -0.2) is 88.8 Å². The van der Waals surface area contributed by atoms with Crippen molar-refractivity contribution in [2.75, 3.05) is 26.2 Å².